The van der Waals surface area contributed by atoms with Gasteiger partial charge in [-0.2, -0.15) is 0 Å². The highest BCUT2D eigenvalue weighted by Crippen LogP contribution is 2.31. The van der Waals surface area contributed by atoms with Crippen LogP contribution in [0.15, 0.2) is 48.5 Å². The van der Waals surface area contributed by atoms with Crippen molar-refractivity contribution in [1.29, 1.82) is 0 Å². The van der Waals surface area contributed by atoms with Crippen molar-refractivity contribution in [2.45, 2.75) is 33.1 Å². The lowest BCUT2D eigenvalue weighted by atomic mass is 10.1. The lowest BCUT2D eigenvalue weighted by Crippen LogP contribution is -2.09. The molecule has 0 aliphatic rings. The van der Waals surface area contributed by atoms with Crippen LogP contribution in [0.5, 0.6) is 0 Å². The number of nitrogens with zero attached hydrogens (tertiary/aromatic N) is 3. The summed E-state index contributed by atoms with van der Waals surface area (Å²) < 4.78 is 7.02. The molecule has 0 fully saturated rings. The van der Waals surface area contributed by atoms with Crippen LogP contribution in [-0.2, 0) is 11.2 Å². The maximum absolute atomic E-state index is 12.6. The van der Waals surface area contributed by atoms with Crippen molar-refractivity contribution in [1.82, 2.24) is 14.5 Å². The van der Waals surface area contributed by atoms with E-state index in [9.17, 15) is 4.79 Å². The third-order valence-electron chi connectivity index (χ3n) is 4.99. The molecule has 0 atom stereocenters. The monoisotopic (exact) mass is 388 g/mol. The Morgan fingerprint density at radius 3 is 2.38 bits per heavy atom. The van der Waals surface area contributed by atoms with Crippen LogP contribution in [0, 0.1) is 0 Å². The summed E-state index contributed by atoms with van der Waals surface area (Å²) in [5, 5.41) is 0. The number of para-hydroxylation sites is 2. The molecule has 0 aliphatic carbocycles. The molecule has 6 nitrogen and oxygen atoms in total. The first kappa shape index (κ1) is 18.9. The van der Waals surface area contributed by atoms with Crippen LogP contribution in [0.4, 0.5) is 5.82 Å². The summed E-state index contributed by atoms with van der Waals surface area (Å²) in [4.78, 5) is 22.1. The van der Waals surface area contributed by atoms with Gasteiger partial charge in [0.05, 0.1) is 17.6 Å². The summed E-state index contributed by atoms with van der Waals surface area (Å²) >= 11 is 0. The van der Waals surface area contributed by atoms with Crippen LogP contribution in [-0.4, -0.2) is 27.1 Å². The Hall–Kier alpha value is -3.41. The van der Waals surface area contributed by atoms with Gasteiger partial charge in [-0.1, -0.05) is 37.6 Å². The molecule has 0 amide bonds. The number of rotatable bonds is 6. The van der Waals surface area contributed by atoms with E-state index in [1.54, 1.807) is 11.5 Å². The molecule has 2 N–H and O–H groups in total. The Morgan fingerprint density at radius 2 is 1.72 bits per heavy atom. The number of aryl methyl sites for hydroxylation is 1. The minimum absolute atomic E-state index is 0.259. The van der Waals surface area contributed by atoms with Gasteiger partial charge in [0, 0.05) is 5.69 Å². The summed E-state index contributed by atoms with van der Waals surface area (Å²) in [7, 11) is 0. The number of aromatic nitrogens is 3. The van der Waals surface area contributed by atoms with Gasteiger partial charge in [-0.3, -0.25) is 4.57 Å². The molecular formula is C23H24N4O2. The van der Waals surface area contributed by atoms with E-state index >= 15 is 0 Å². The van der Waals surface area contributed by atoms with Gasteiger partial charge < -0.3 is 10.5 Å². The largest absolute Gasteiger partial charge is 0.462 e. The van der Waals surface area contributed by atoms with Gasteiger partial charge in [-0.15, -0.1) is 0 Å². The van der Waals surface area contributed by atoms with Gasteiger partial charge in [0.15, 0.2) is 5.65 Å². The number of esters is 1. The van der Waals surface area contributed by atoms with E-state index in [1.807, 2.05) is 36.4 Å². The van der Waals surface area contributed by atoms with Crippen LogP contribution in [0.3, 0.4) is 0 Å². The average Bonchev–Trinajstić information content (AvgIpc) is 3.02. The van der Waals surface area contributed by atoms with E-state index in [1.165, 1.54) is 5.56 Å². The van der Waals surface area contributed by atoms with Crippen molar-refractivity contribution < 1.29 is 9.53 Å². The van der Waals surface area contributed by atoms with Crippen molar-refractivity contribution in [3.63, 3.8) is 0 Å². The minimum atomic E-state index is -0.488. The Labute approximate surface area is 169 Å². The zero-order valence-electron chi connectivity index (χ0n) is 16.7. The van der Waals surface area contributed by atoms with Gasteiger partial charge >= 0.3 is 5.97 Å². The molecule has 2 aromatic carbocycles. The molecule has 148 valence electrons. The number of ether oxygens (including phenoxy) is 1. The topological polar surface area (TPSA) is 83.0 Å². The number of anilines is 1. The summed E-state index contributed by atoms with van der Waals surface area (Å²) in [6.45, 7) is 4.21. The number of unbranched alkanes of at least 4 members (excludes halogenated alkanes) is 1. The lowest BCUT2D eigenvalue weighted by molar-refractivity contribution is 0.0529. The molecule has 2 heterocycles. The van der Waals surface area contributed by atoms with Crippen molar-refractivity contribution in [2.75, 3.05) is 12.3 Å². The fourth-order valence-electron chi connectivity index (χ4n) is 3.52. The van der Waals surface area contributed by atoms with Gasteiger partial charge in [0.25, 0.3) is 0 Å². The fraction of sp³-hybridized carbons (Fsp3) is 0.261. The fourth-order valence-corrected chi connectivity index (χ4v) is 3.52. The predicted octanol–water partition coefficient (Wildman–Crippen LogP) is 4.68. The third-order valence-corrected chi connectivity index (χ3v) is 4.99. The maximum Gasteiger partial charge on any atom is 0.344 e. The molecule has 4 aromatic rings. The van der Waals surface area contributed by atoms with Crippen molar-refractivity contribution in [3.05, 3.63) is 59.7 Å². The molecule has 0 saturated heterocycles. The van der Waals surface area contributed by atoms with Gasteiger partial charge in [-0.25, -0.2) is 14.8 Å². The highest BCUT2D eigenvalue weighted by Gasteiger charge is 2.25. The molecule has 29 heavy (non-hydrogen) atoms. The van der Waals surface area contributed by atoms with Gasteiger partial charge in [-0.05, 0) is 49.6 Å². The second-order valence-corrected chi connectivity index (χ2v) is 6.97. The van der Waals surface area contributed by atoms with Gasteiger partial charge in [0.2, 0.25) is 0 Å². The van der Waals surface area contributed by atoms with Gasteiger partial charge in [0.1, 0.15) is 16.9 Å². The van der Waals surface area contributed by atoms with Crippen LogP contribution in [0.2, 0.25) is 0 Å². The summed E-state index contributed by atoms with van der Waals surface area (Å²) in [6, 6.07) is 15.8. The van der Waals surface area contributed by atoms with E-state index in [0.717, 1.165) is 30.5 Å². The zero-order valence-corrected chi connectivity index (χ0v) is 16.7. The summed E-state index contributed by atoms with van der Waals surface area (Å²) in [6.07, 6.45) is 3.35. The standard InChI is InChI=1S/C23H24N4O2/c1-3-5-8-15-11-13-16(14-12-15)27-21(24)19(23(28)29-4-2)20-22(27)26-18-10-7-6-9-17(18)25-20/h6-7,9-14H,3-5,8,24H2,1-2H3. The molecule has 0 aliphatic heterocycles. The minimum Gasteiger partial charge on any atom is -0.462 e. The first-order valence-electron chi connectivity index (χ1n) is 9.97. The first-order chi connectivity index (χ1) is 14.1. The average molecular weight is 388 g/mol. The molecule has 0 bridgehead atoms. The van der Waals surface area contributed by atoms with Crippen molar-refractivity contribution >= 4 is 34.0 Å². The lowest BCUT2D eigenvalue weighted by Gasteiger charge is -2.09. The Morgan fingerprint density at radius 1 is 1.03 bits per heavy atom. The number of fused-ring (bicyclic) bond motifs is 2. The van der Waals surface area contributed by atoms with Crippen LogP contribution >= 0.6 is 0 Å². The molecule has 6 heteroatoms. The normalized spacial score (nSPS) is 11.2. The molecule has 0 saturated carbocycles. The summed E-state index contributed by atoms with van der Waals surface area (Å²) in [5.41, 5.74) is 11.3. The Kier molecular flexibility index (Phi) is 5.16. The van der Waals surface area contributed by atoms with E-state index in [4.69, 9.17) is 15.5 Å². The number of benzene rings is 2. The number of hydrogen-bond donors (Lipinski definition) is 1. The zero-order chi connectivity index (χ0) is 20.4. The highest BCUT2D eigenvalue weighted by molar-refractivity contribution is 6.09. The first-order valence-corrected chi connectivity index (χ1v) is 9.97. The van der Waals surface area contributed by atoms with Crippen molar-refractivity contribution in [2.24, 2.45) is 0 Å². The van der Waals surface area contributed by atoms with E-state index in [0.29, 0.717) is 16.7 Å². The van der Waals surface area contributed by atoms with E-state index in [-0.39, 0.29) is 18.0 Å². The smallest absolute Gasteiger partial charge is 0.344 e. The molecular weight excluding hydrogens is 364 g/mol. The molecule has 2 aromatic heterocycles. The molecule has 4 rings (SSSR count). The molecule has 0 spiro atoms. The highest BCUT2D eigenvalue weighted by atomic mass is 16.5. The molecule has 0 radical (unpaired) electrons. The third kappa shape index (κ3) is 3.42. The number of carbonyl (C=O) groups excluding carboxylic acids is 1. The second kappa shape index (κ2) is 7.91. The SMILES string of the molecule is CCCCc1ccc(-n2c(N)c(C(=O)OCC)c3nc4ccccc4nc32)cc1. The van der Waals surface area contributed by atoms with E-state index < -0.39 is 5.97 Å². The van der Waals surface area contributed by atoms with Crippen LogP contribution in [0.25, 0.3) is 27.9 Å². The van der Waals surface area contributed by atoms with E-state index in [2.05, 4.69) is 24.0 Å². The number of hydrogen-bond acceptors (Lipinski definition) is 5. The quantitative estimate of drug-likeness (QED) is 0.485. The second-order valence-electron chi connectivity index (χ2n) is 6.97. The number of carbonyl (C=O) groups is 1. The predicted molar refractivity (Wildman–Crippen MR) is 115 cm³/mol. The van der Waals surface area contributed by atoms with Crippen LogP contribution < -0.4 is 5.73 Å². The Bertz CT molecular complexity index is 1180. The maximum atomic E-state index is 12.6. The number of nitrogen functional groups attached to an aromatic ring is 1. The number of nitrogens with two attached hydrogens (primary N) is 1. The van der Waals surface area contributed by atoms with Crippen LogP contribution in [0.1, 0.15) is 42.6 Å². The summed E-state index contributed by atoms with van der Waals surface area (Å²) in [5.74, 6) is -0.201. The molecule has 0 unspecified atom stereocenters. The van der Waals surface area contributed by atoms with Crippen molar-refractivity contribution in [3.8, 4) is 5.69 Å². The Balaban J connectivity index is 1.93.